The fourth-order valence-corrected chi connectivity index (χ4v) is 4.51. The number of hydrogen-bond acceptors (Lipinski definition) is 5. The predicted octanol–water partition coefficient (Wildman–Crippen LogP) is 2.27. The molecule has 3 rings (SSSR count). The second-order valence-corrected chi connectivity index (χ2v) is 6.74. The van der Waals surface area contributed by atoms with Crippen LogP contribution in [0.5, 0.6) is 0 Å². The van der Waals surface area contributed by atoms with E-state index in [-0.39, 0.29) is 0 Å². The summed E-state index contributed by atoms with van der Waals surface area (Å²) in [4.78, 5) is 11.5. The zero-order chi connectivity index (χ0) is 13.9. The van der Waals surface area contributed by atoms with E-state index in [9.17, 15) is 0 Å². The molecular weight excluding hydrogens is 268 g/mol. The molecule has 1 N–H and O–H groups in total. The smallest absolute Gasteiger partial charge is 0.185 e. The van der Waals surface area contributed by atoms with Crippen molar-refractivity contribution in [3.8, 4) is 0 Å². The van der Waals surface area contributed by atoms with Crippen LogP contribution in [0, 0.1) is 0 Å². The third-order valence-corrected chi connectivity index (χ3v) is 5.75. The Bertz CT molecular complexity index is 437. The highest BCUT2D eigenvalue weighted by atomic mass is 32.1. The minimum Gasteiger partial charge on any atom is -0.346 e. The van der Waals surface area contributed by atoms with Gasteiger partial charge in [0.1, 0.15) is 0 Å². The Hall–Kier alpha value is -0.650. The molecule has 1 aromatic heterocycles. The lowest BCUT2D eigenvalue weighted by Gasteiger charge is -2.33. The minimum atomic E-state index is 0.548. The van der Waals surface area contributed by atoms with E-state index in [1.54, 1.807) is 0 Å². The largest absolute Gasteiger partial charge is 0.346 e. The summed E-state index contributed by atoms with van der Waals surface area (Å²) in [6.45, 7) is 11.3. The zero-order valence-corrected chi connectivity index (χ0v) is 13.5. The van der Waals surface area contributed by atoms with Gasteiger partial charge < -0.3 is 15.1 Å². The highest BCUT2D eigenvalue weighted by molar-refractivity contribution is 7.15. The van der Waals surface area contributed by atoms with Crippen LogP contribution in [0.4, 0.5) is 5.13 Å². The van der Waals surface area contributed by atoms with Crippen molar-refractivity contribution in [1.29, 1.82) is 0 Å². The summed E-state index contributed by atoms with van der Waals surface area (Å²) in [6.07, 6.45) is 3.71. The zero-order valence-electron chi connectivity index (χ0n) is 12.7. The summed E-state index contributed by atoms with van der Waals surface area (Å²) in [6, 6.07) is 0.548. The monoisotopic (exact) mass is 294 g/mol. The molecule has 0 saturated carbocycles. The second-order valence-electron chi connectivity index (χ2n) is 5.73. The van der Waals surface area contributed by atoms with Crippen molar-refractivity contribution in [1.82, 2.24) is 15.2 Å². The number of fused-ring (bicyclic) bond motifs is 1. The standard InChI is InChI=1S/C15H26N4S/c1-3-16-12-6-5-7-13-14(12)20-15(17-13)19-10-8-18(4-2)9-11-19/h12,16H,3-11H2,1-2H3. The first kappa shape index (κ1) is 14.3. The maximum absolute atomic E-state index is 4.94. The van der Waals surface area contributed by atoms with Crippen molar-refractivity contribution < 1.29 is 0 Å². The molecule has 0 amide bonds. The lowest BCUT2D eigenvalue weighted by Crippen LogP contribution is -2.46. The van der Waals surface area contributed by atoms with E-state index in [0.717, 1.165) is 19.6 Å². The highest BCUT2D eigenvalue weighted by Gasteiger charge is 2.26. The van der Waals surface area contributed by atoms with Gasteiger partial charge in [0.2, 0.25) is 0 Å². The van der Waals surface area contributed by atoms with E-state index in [2.05, 4.69) is 29.0 Å². The van der Waals surface area contributed by atoms with Crippen LogP contribution in [-0.4, -0.2) is 49.2 Å². The van der Waals surface area contributed by atoms with Gasteiger partial charge in [0.25, 0.3) is 0 Å². The van der Waals surface area contributed by atoms with Crippen LogP contribution in [0.3, 0.4) is 0 Å². The van der Waals surface area contributed by atoms with Crippen molar-refractivity contribution in [2.45, 2.75) is 39.2 Å². The van der Waals surface area contributed by atoms with Crippen LogP contribution in [0.2, 0.25) is 0 Å². The van der Waals surface area contributed by atoms with Gasteiger partial charge in [0.15, 0.2) is 5.13 Å². The van der Waals surface area contributed by atoms with E-state index in [1.165, 1.54) is 54.6 Å². The highest BCUT2D eigenvalue weighted by Crippen LogP contribution is 2.37. The molecule has 112 valence electrons. The molecule has 4 nitrogen and oxygen atoms in total. The van der Waals surface area contributed by atoms with Crippen LogP contribution in [0.1, 0.15) is 43.3 Å². The van der Waals surface area contributed by atoms with Gasteiger partial charge in [-0.1, -0.05) is 25.2 Å². The first-order chi connectivity index (χ1) is 9.81. The molecule has 1 unspecified atom stereocenters. The predicted molar refractivity (Wildman–Crippen MR) is 85.8 cm³/mol. The Morgan fingerprint density at radius 2 is 2.05 bits per heavy atom. The number of nitrogens with one attached hydrogen (secondary N) is 1. The van der Waals surface area contributed by atoms with Gasteiger partial charge in [-0.2, -0.15) is 0 Å². The molecule has 1 atom stereocenters. The molecule has 20 heavy (non-hydrogen) atoms. The molecule has 1 fully saturated rings. The van der Waals surface area contributed by atoms with Crippen molar-refractivity contribution in [3.63, 3.8) is 0 Å². The van der Waals surface area contributed by atoms with E-state index < -0.39 is 0 Å². The lowest BCUT2D eigenvalue weighted by atomic mass is 9.98. The third kappa shape index (κ3) is 2.85. The van der Waals surface area contributed by atoms with Gasteiger partial charge in [-0.15, -0.1) is 0 Å². The number of aromatic nitrogens is 1. The lowest BCUT2D eigenvalue weighted by molar-refractivity contribution is 0.271. The van der Waals surface area contributed by atoms with Crippen molar-refractivity contribution in [3.05, 3.63) is 10.6 Å². The van der Waals surface area contributed by atoms with Crippen LogP contribution in [0.15, 0.2) is 0 Å². The third-order valence-electron chi connectivity index (χ3n) is 4.48. The average Bonchev–Trinajstić information content (AvgIpc) is 2.93. The Kier molecular flexibility index (Phi) is 4.58. The Labute approximate surface area is 126 Å². The SMILES string of the molecule is CCNC1CCCc2nc(N3CCN(CC)CC3)sc21. The summed E-state index contributed by atoms with van der Waals surface area (Å²) < 4.78 is 0. The van der Waals surface area contributed by atoms with Crippen LogP contribution < -0.4 is 10.2 Å². The Balaban J connectivity index is 1.72. The van der Waals surface area contributed by atoms with Crippen LogP contribution in [-0.2, 0) is 6.42 Å². The molecule has 1 aromatic rings. The maximum Gasteiger partial charge on any atom is 0.185 e. The molecule has 1 aliphatic carbocycles. The second kappa shape index (κ2) is 6.41. The normalized spacial score (nSPS) is 23.9. The van der Waals surface area contributed by atoms with Gasteiger partial charge in [0.05, 0.1) is 5.69 Å². The molecular formula is C15H26N4S. The molecule has 1 aliphatic heterocycles. The molecule has 2 heterocycles. The summed E-state index contributed by atoms with van der Waals surface area (Å²) in [5, 5.41) is 4.88. The van der Waals surface area contributed by atoms with Crippen molar-refractivity contribution >= 4 is 16.5 Å². The summed E-state index contributed by atoms with van der Waals surface area (Å²) in [5.41, 5.74) is 1.36. The topological polar surface area (TPSA) is 31.4 Å². The van der Waals surface area contributed by atoms with E-state index in [0.29, 0.717) is 6.04 Å². The van der Waals surface area contributed by atoms with Gasteiger partial charge in [-0.3, -0.25) is 0 Å². The fourth-order valence-electron chi connectivity index (χ4n) is 3.24. The fraction of sp³-hybridized carbons (Fsp3) is 0.800. The number of aryl methyl sites for hydroxylation is 1. The molecule has 5 heteroatoms. The van der Waals surface area contributed by atoms with Gasteiger partial charge in [-0.25, -0.2) is 4.98 Å². The number of piperazine rings is 1. The summed E-state index contributed by atoms with van der Waals surface area (Å²) in [7, 11) is 0. The molecule has 0 spiro atoms. The first-order valence-corrected chi connectivity index (χ1v) is 8.83. The molecule has 2 aliphatic rings. The molecule has 0 aromatic carbocycles. The van der Waals surface area contributed by atoms with Gasteiger partial charge in [-0.05, 0) is 32.4 Å². The number of hydrogen-bond donors (Lipinski definition) is 1. The Morgan fingerprint density at radius 1 is 1.25 bits per heavy atom. The molecule has 1 saturated heterocycles. The maximum atomic E-state index is 4.94. The quantitative estimate of drug-likeness (QED) is 0.923. The van der Waals surface area contributed by atoms with Crippen LogP contribution >= 0.6 is 11.3 Å². The van der Waals surface area contributed by atoms with E-state index in [1.807, 2.05) is 11.3 Å². The van der Waals surface area contributed by atoms with E-state index >= 15 is 0 Å². The van der Waals surface area contributed by atoms with Gasteiger partial charge >= 0.3 is 0 Å². The number of anilines is 1. The average molecular weight is 294 g/mol. The van der Waals surface area contributed by atoms with Crippen molar-refractivity contribution in [2.75, 3.05) is 44.2 Å². The molecule has 0 radical (unpaired) electrons. The Morgan fingerprint density at radius 3 is 2.75 bits per heavy atom. The number of thiazole rings is 1. The van der Waals surface area contributed by atoms with Crippen molar-refractivity contribution in [2.24, 2.45) is 0 Å². The number of rotatable bonds is 4. The summed E-state index contributed by atoms with van der Waals surface area (Å²) in [5.74, 6) is 0. The van der Waals surface area contributed by atoms with E-state index in [4.69, 9.17) is 4.98 Å². The minimum absolute atomic E-state index is 0.548. The number of likely N-dealkylation sites (N-methyl/N-ethyl adjacent to an activating group) is 1. The first-order valence-electron chi connectivity index (χ1n) is 8.02. The van der Waals surface area contributed by atoms with Crippen LogP contribution in [0.25, 0.3) is 0 Å². The van der Waals surface area contributed by atoms with Gasteiger partial charge in [0, 0.05) is 37.1 Å². The molecule has 0 bridgehead atoms. The summed E-state index contributed by atoms with van der Waals surface area (Å²) >= 11 is 1.93. The number of nitrogens with zero attached hydrogens (tertiary/aromatic N) is 3.